The first-order valence-electron chi connectivity index (χ1n) is 9.88. The Morgan fingerprint density at radius 3 is 1.97 bits per heavy atom. The number of hydrogen-bond donors (Lipinski definition) is 2. The summed E-state index contributed by atoms with van der Waals surface area (Å²) in [6.07, 6.45) is -5.37. The van der Waals surface area contributed by atoms with Gasteiger partial charge in [-0.2, -0.15) is 0 Å². The minimum atomic E-state index is -1.52. The molecule has 1 saturated heterocycles. The minimum absolute atomic E-state index is 0.0562. The van der Waals surface area contributed by atoms with Crippen molar-refractivity contribution in [2.45, 2.75) is 58.3 Å². The lowest BCUT2D eigenvalue weighted by atomic mass is 9.96. The molecule has 180 valence electrons. The molecule has 12 nitrogen and oxygen atoms in total. The molecular weight excluding hydrogens is 442 g/mol. The van der Waals surface area contributed by atoms with Crippen LogP contribution in [0.3, 0.4) is 0 Å². The van der Waals surface area contributed by atoms with Gasteiger partial charge >= 0.3 is 23.9 Å². The summed E-state index contributed by atoms with van der Waals surface area (Å²) >= 11 is 0. The van der Waals surface area contributed by atoms with Crippen LogP contribution in [0.25, 0.3) is 0 Å². The van der Waals surface area contributed by atoms with Crippen LogP contribution in [0.15, 0.2) is 24.3 Å². The molecule has 1 aliphatic heterocycles. The zero-order chi connectivity index (χ0) is 24.7. The van der Waals surface area contributed by atoms with E-state index in [4.69, 9.17) is 23.7 Å². The van der Waals surface area contributed by atoms with Crippen molar-refractivity contribution in [3.8, 4) is 5.75 Å². The molecule has 1 fully saturated rings. The molecule has 0 bridgehead atoms. The number of carbonyl (C=O) groups is 5. The van der Waals surface area contributed by atoms with E-state index in [1.165, 1.54) is 31.2 Å². The number of nitrogens with one attached hydrogen (secondary N) is 1. The largest absolute Gasteiger partial charge is 0.508 e. The maximum atomic E-state index is 12.6. The topological polar surface area (TPSA) is 164 Å². The fraction of sp³-hybridized carbons (Fsp3) is 0.476. The number of benzene rings is 1. The van der Waals surface area contributed by atoms with Crippen LogP contribution in [0.5, 0.6) is 5.75 Å². The molecule has 0 saturated carbocycles. The molecule has 1 aromatic carbocycles. The van der Waals surface area contributed by atoms with Gasteiger partial charge in [-0.15, -0.1) is 0 Å². The Morgan fingerprint density at radius 2 is 1.45 bits per heavy atom. The van der Waals surface area contributed by atoms with Gasteiger partial charge in [-0.25, -0.2) is 4.79 Å². The van der Waals surface area contributed by atoms with Crippen molar-refractivity contribution in [1.29, 1.82) is 0 Å². The maximum Gasteiger partial charge on any atom is 0.340 e. The number of hydrogen-bond acceptors (Lipinski definition) is 11. The molecule has 0 unspecified atom stereocenters. The van der Waals surface area contributed by atoms with Gasteiger partial charge < -0.3 is 34.1 Å². The van der Waals surface area contributed by atoms with E-state index in [2.05, 4.69) is 5.32 Å². The molecule has 1 amide bonds. The molecule has 1 aliphatic rings. The zero-order valence-electron chi connectivity index (χ0n) is 18.4. The monoisotopic (exact) mass is 467 g/mol. The van der Waals surface area contributed by atoms with Crippen molar-refractivity contribution in [3.63, 3.8) is 0 Å². The summed E-state index contributed by atoms with van der Waals surface area (Å²) in [5.41, 5.74) is 0.0562. The van der Waals surface area contributed by atoms with Gasteiger partial charge in [0.1, 0.15) is 24.5 Å². The Balaban J connectivity index is 2.42. The number of aromatic hydroxyl groups is 1. The third-order valence-corrected chi connectivity index (χ3v) is 4.40. The van der Waals surface area contributed by atoms with Gasteiger partial charge in [0.05, 0.1) is 5.56 Å². The average Bonchev–Trinajstić information content (AvgIpc) is 2.70. The molecular formula is C21H25NO11. The van der Waals surface area contributed by atoms with Crippen LogP contribution in [0.4, 0.5) is 0 Å². The smallest absolute Gasteiger partial charge is 0.340 e. The zero-order valence-corrected chi connectivity index (χ0v) is 18.4. The lowest BCUT2D eigenvalue weighted by Crippen LogP contribution is -2.66. The summed E-state index contributed by atoms with van der Waals surface area (Å²) in [6, 6.07) is 3.87. The average molecular weight is 467 g/mol. The molecule has 12 heteroatoms. The molecule has 0 radical (unpaired) electrons. The Morgan fingerprint density at radius 1 is 0.879 bits per heavy atom. The van der Waals surface area contributed by atoms with Gasteiger partial charge in [0.2, 0.25) is 12.2 Å². The lowest BCUT2D eigenvalue weighted by molar-refractivity contribution is -0.263. The Kier molecular flexibility index (Phi) is 8.74. The van der Waals surface area contributed by atoms with Crippen molar-refractivity contribution in [2.24, 2.45) is 0 Å². The van der Waals surface area contributed by atoms with Gasteiger partial charge in [0.15, 0.2) is 12.2 Å². The molecule has 33 heavy (non-hydrogen) atoms. The van der Waals surface area contributed by atoms with E-state index in [9.17, 15) is 29.1 Å². The SMILES string of the molecule is CC(=O)N[C@H]1[C@H](OC(=O)c2ccc(O)cc2)O[C@@H](COC(C)=O)[C@@H](OC(C)=O)[C@@H]1OC(C)=O. The highest BCUT2D eigenvalue weighted by molar-refractivity contribution is 5.89. The second kappa shape index (κ2) is 11.3. The van der Waals surface area contributed by atoms with Crippen molar-refractivity contribution in [2.75, 3.05) is 6.61 Å². The van der Waals surface area contributed by atoms with Crippen molar-refractivity contribution in [1.82, 2.24) is 5.32 Å². The highest BCUT2D eigenvalue weighted by atomic mass is 16.7. The third-order valence-electron chi connectivity index (χ3n) is 4.40. The quantitative estimate of drug-likeness (QED) is 0.416. The van der Waals surface area contributed by atoms with E-state index in [0.29, 0.717) is 0 Å². The number of amides is 1. The van der Waals surface area contributed by atoms with E-state index in [1.54, 1.807) is 0 Å². The fourth-order valence-corrected chi connectivity index (χ4v) is 3.16. The summed E-state index contributed by atoms with van der Waals surface area (Å²) in [7, 11) is 0. The Bertz CT molecular complexity index is 898. The molecule has 0 aromatic heterocycles. The number of esters is 4. The first kappa shape index (κ1) is 25.6. The van der Waals surface area contributed by atoms with E-state index in [-0.39, 0.29) is 11.3 Å². The van der Waals surface area contributed by atoms with Crippen LogP contribution in [0, 0.1) is 0 Å². The van der Waals surface area contributed by atoms with E-state index >= 15 is 0 Å². The van der Waals surface area contributed by atoms with Gasteiger partial charge in [-0.05, 0) is 24.3 Å². The number of ether oxygens (including phenoxy) is 5. The predicted molar refractivity (Wildman–Crippen MR) is 108 cm³/mol. The van der Waals surface area contributed by atoms with Gasteiger partial charge in [-0.1, -0.05) is 0 Å². The van der Waals surface area contributed by atoms with Crippen LogP contribution >= 0.6 is 0 Å². The van der Waals surface area contributed by atoms with Gasteiger partial charge in [0.25, 0.3) is 0 Å². The molecule has 0 spiro atoms. The fourth-order valence-electron chi connectivity index (χ4n) is 3.16. The van der Waals surface area contributed by atoms with Crippen LogP contribution in [-0.4, -0.2) is 72.1 Å². The highest BCUT2D eigenvalue weighted by Crippen LogP contribution is 2.28. The summed E-state index contributed by atoms with van der Waals surface area (Å²) in [4.78, 5) is 59.3. The Hall–Kier alpha value is -3.67. The van der Waals surface area contributed by atoms with Crippen LogP contribution in [-0.2, 0) is 42.9 Å². The number of rotatable bonds is 7. The predicted octanol–water partition coefficient (Wildman–Crippen LogP) is 0.205. The van der Waals surface area contributed by atoms with E-state index in [1.807, 2.05) is 0 Å². The van der Waals surface area contributed by atoms with Crippen LogP contribution in [0.1, 0.15) is 38.1 Å². The van der Waals surface area contributed by atoms with Gasteiger partial charge in [-0.3, -0.25) is 19.2 Å². The molecule has 1 aromatic rings. The molecule has 1 heterocycles. The second-order valence-electron chi connectivity index (χ2n) is 7.17. The van der Waals surface area contributed by atoms with E-state index in [0.717, 1.165) is 20.8 Å². The van der Waals surface area contributed by atoms with Crippen molar-refractivity contribution >= 4 is 29.8 Å². The number of phenolic OH excluding ortho intramolecular Hbond substituents is 1. The number of phenols is 1. The summed E-state index contributed by atoms with van der Waals surface area (Å²) in [5.74, 6) is -3.72. The summed E-state index contributed by atoms with van der Waals surface area (Å²) < 4.78 is 26.7. The molecule has 2 N–H and O–H groups in total. The first-order valence-corrected chi connectivity index (χ1v) is 9.88. The highest BCUT2D eigenvalue weighted by Gasteiger charge is 2.52. The van der Waals surface area contributed by atoms with Gasteiger partial charge in [0, 0.05) is 27.7 Å². The third kappa shape index (κ3) is 7.45. The van der Waals surface area contributed by atoms with Crippen molar-refractivity contribution < 1.29 is 52.8 Å². The molecule has 5 atom stereocenters. The Labute approximate surface area is 189 Å². The molecule has 0 aliphatic carbocycles. The standard InChI is InChI=1S/C21H25NO11/c1-10(23)22-17-19(31-13(4)26)18(30-12(3)25)16(9-29-11(2)24)32-21(17)33-20(28)14-5-7-15(27)8-6-14/h5-8,16-19,21,27H,9H2,1-4H3,(H,22,23)/t16-,17+,18+,19+,21-/m0/s1. The van der Waals surface area contributed by atoms with Crippen LogP contribution in [0.2, 0.25) is 0 Å². The first-order chi connectivity index (χ1) is 15.5. The maximum absolute atomic E-state index is 12.6. The number of carbonyl (C=O) groups excluding carboxylic acids is 5. The summed E-state index contributed by atoms with van der Waals surface area (Å²) in [5, 5.41) is 11.9. The van der Waals surface area contributed by atoms with Crippen LogP contribution < -0.4 is 5.32 Å². The lowest BCUT2D eigenvalue weighted by Gasteiger charge is -2.44. The summed E-state index contributed by atoms with van der Waals surface area (Å²) in [6.45, 7) is 4.11. The van der Waals surface area contributed by atoms with E-state index < -0.39 is 67.0 Å². The normalized spacial score (nSPS) is 24.2. The molecule has 2 rings (SSSR count). The second-order valence-corrected chi connectivity index (χ2v) is 7.17. The van der Waals surface area contributed by atoms with Crippen molar-refractivity contribution in [3.05, 3.63) is 29.8 Å². The minimum Gasteiger partial charge on any atom is -0.508 e.